The topological polar surface area (TPSA) is 91.4 Å². The highest BCUT2D eigenvalue weighted by Gasteiger charge is 2.47. The summed E-state index contributed by atoms with van der Waals surface area (Å²) >= 11 is 0. The molecular formula is C14H21NO7. The Morgan fingerprint density at radius 1 is 1.32 bits per heavy atom. The molecule has 0 saturated carbocycles. The van der Waals surface area contributed by atoms with Gasteiger partial charge >= 0.3 is 18.0 Å². The molecule has 0 aliphatic carbocycles. The molecule has 22 heavy (non-hydrogen) atoms. The minimum atomic E-state index is -1.09. The number of nitrogens with zero attached hydrogens (tertiary/aromatic N) is 1. The lowest BCUT2D eigenvalue weighted by molar-refractivity contribution is -0.186. The molecule has 1 fully saturated rings. The number of hydrogen-bond donors (Lipinski definition) is 0. The highest BCUT2D eigenvalue weighted by Crippen LogP contribution is 2.25. The molecule has 0 aromatic heterocycles. The van der Waals surface area contributed by atoms with Crippen LogP contribution in [0.2, 0.25) is 0 Å². The van der Waals surface area contributed by atoms with E-state index in [4.69, 9.17) is 14.3 Å². The van der Waals surface area contributed by atoms with Gasteiger partial charge < -0.3 is 14.2 Å². The quantitative estimate of drug-likeness (QED) is 0.437. The standard InChI is InChI=1S/C14H21NO7/c1-6-7-20-12(17)10-8-9(11(16)19-5)15(22-10)13(18)21-14(2,3)4/h6,9-10H,1,7-8H2,2-5H3/t9-,10+/m1/s1. The van der Waals surface area contributed by atoms with Gasteiger partial charge in [-0.2, -0.15) is 5.06 Å². The number of carbonyl (C=O) groups excluding carboxylic acids is 3. The number of ether oxygens (including phenoxy) is 3. The number of hydrogen-bond acceptors (Lipinski definition) is 7. The zero-order valence-electron chi connectivity index (χ0n) is 13.2. The number of esters is 2. The van der Waals surface area contributed by atoms with E-state index in [9.17, 15) is 14.4 Å². The van der Waals surface area contributed by atoms with E-state index in [1.54, 1.807) is 20.8 Å². The zero-order chi connectivity index (χ0) is 16.9. The third-order valence-electron chi connectivity index (χ3n) is 2.61. The molecule has 0 unspecified atom stereocenters. The van der Waals surface area contributed by atoms with Gasteiger partial charge in [-0.25, -0.2) is 14.4 Å². The summed E-state index contributed by atoms with van der Waals surface area (Å²) in [5.74, 6) is -1.40. The van der Waals surface area contributed by atoms with Gasteiger partial charge in [0.25, 0.3) is 0 Å². The number of amides is 1. The normalized spacial score (nSPS) is 21.2. The minimum absolute atomic E-state index is 0.00796. The fourth-order valence-electron chi connectivity index (χ4n) is 1.73. The molecule has 1 heterocycles. The summed E-state index contributed by atoms with van der Waals surface area (Å²) in [5, 5.41) is 0.719. The smallest absolute Gasteiger partial charge is 0.435 e. The molecule has 124 valence electrons. The van der Waals surface area contributed by atoms with Crippen LogP contribution >= 0.6 is 0 Å². The molecule has 0 radical (unpaired) electrons. The Hall–Kier alpha value is -2.09. The molecule has 8 nitrogen and oxygen atoms in total. The molecule has 1 aliphatic heterocycles. The SMILES string of the molecule is C=CCOC(=O)[C@@H]1C[C@H](C(=O)OC)N(C(=O)OC(C)(C)C)O1. The maximum Gasteiger partial charge on any atom is 0.435 e. The van der Waals surface area contributed by atoms with E-state index in [2.05, 4.69) is 11.3 Å². The summed E-state index contributed by atoms with van der Waals surface area (Å²) < 4.78 is 14.6. The monoisotopic (exact) mass is 315 g/mol. The van der Waals surface area contributed by atoms with Crippen LogP contribution in [0.3, 0.4) is 0 Å². The molecule has 0 aromatic rings. The van der Waals surface area contributed by atoms with Crippen LogP contribution in [-0.4, -0.2) is 54.6 Å². The summed E-state index contributed by atoms with van der Waals surface area (Å²) in [7, 11) is 1.18. The Balaban J connectivity index is 2.83. The maximum absolute atomic E-state index is 12.1. The van der Waals surface area contributed by atoms with Crippen molar-refractivity contribution in [2.45, 2.75) is 44.9 Å². The van der Waals surface area contributed by atoms with Crippen molar-refractivity contribution < 1.29 is 33.4 Å². The van der Waals surface area contributed by atoms with Crippen molar-refractivity contribution in [2.24, 2.45) is 0 Å². The average Bonchev–Trinajstić information content (AvgIpc) is 2.87. The van der Waals surface area contributed by atoms with Crippen molar-refractivity contribution in [1.29, 1.82) is 0 Å². The third kappa shape index (κ3) is 4.73. The van der Waals surface area contributed by atoms with Crippen LogP contribution in [0, 0.1) is 0 Å². The minimum Gasteiger partial charge on any atom is -0.467 e. The molecule has 1 rings (SSSR count). The van der Waals surface area contributed by atoms with E-state index in [0.717, 1.165) is 5.06 Å². The highest BCUT2D eigenvalue weighted by molar-refractivity contribution is 5.84. The van der Waals surface area contributed by atoms with Crippen molar-refractivity contribution in [1.82, 2.24) is 5.06 Å². The van der Waals surface area contributed by atoms with Gasteiger partial charge in [-0.05, 0) is 20.8 Å². The molecule has 0 aromatic carbocycles. The van der Waals surface area contributed by atoms with Crippen molar-refractivity contribution in [3.05, 3.63) is 12.7 Å². The van der Waals surface area contributed by atoms with Gasteiger partial charge in [-0.1, -0.05) is 12.7 Å². The molecule has 0 bridgehead atoms. The van der Waals surface area contributed by atoms with E-state index in [1.807, 2.05) is 0 Å². The van der Waals surface area contributed by atoms with E-state index in [0.29, 0.717) is 0 Å². The molecular weight excluding hydrogens is 294 g/mol. The number of rotatable bonds is 4. The van der Waals surface area contributed by atoms with Gasteiger partial charge in [0.1, 0.15) is 12.2 Å². The van der Waals surface area contributed by atoms with Crippen LogP contribution in [-0.2, 0) is 28.6 Å². The second kappa shape index (κ2) is 7.26. The van der Waals surface area contributed by atoms with E-state index in [-0.39, 0.29) is 13.0 Å². The van der Waals surface area contributed by atoms with Gasteiger partial charge in [-0.3, -0.25) is 4.84 Å². The molecule has 0 spiro atoms. The van der Waals surface area contributed by atoms with Gasteiger partial charge in [-0.15, -0.1) is 0 Å². The van der Waals surface area contributed by atoms with Gasteiger partial charge in [0.15, 0.2) is 12.1 Å². The number of carbonyl (C=O) groups is 3. The van der Waals surface area contributed by atoms with Crippen LogP contribution in [0.15, 0.2) is 12.7 Å². The molecule has 2 atom stereocenters. The Kier molecular flexibility index (Phi) is 5.92. The Bertz CT molecular complexity index is 455. The van der Waals surface area contributed by atoms with Crippen LogP contribution in [0.5, 0.6) is 0 Å². The largest absolute Gasteiger partial charge is 0.467 e. The number of hydroxylamine groups is 2. The van der Waals surface area contributed by atoms with E-state index < -0.39 is 35.8 Å². The Morgan fingerprint density at radius 3 is 2.45 bits per heavy atom. The third-order valence-corrected chi connectivity index (χ3v) is 2.61. The van der Waals surface area contributed by atoms with Crippen molar-refractivity contribution in [2.75, 3.05) is 13.7 Å². The first-order valence-electron chi connectivity index (χ1n) is 6.74. The predicted molar refractivity (Wildman–Crippen MR) is 74.5 cm³/mol. The molecule has 0 N–H and O–H groups in total. The average molecular weight is 315 g/mol. The predicted octanol–water partition coefficient (Wildman–Crippen LogP) is 1.20. The molecule has 8 heteroatoms. The lowest BCUT2D eigenvalue weighted by atomic mass is 10.1. The van der Waals surface area contributed by atoms with Gasteiger partial charge in [0.05, 0.1) is 7.11 Å². The first kappa shape index (κ1) is 18.0. The van der Waals surface area contributed by atoms with E-state index in [1.165, 1.54) is 13.2 Å². The maximum atomic E-state index is 12.1. The fraction of sp³-hybridized carbons (Fsp3) is 0.643. The van der Waals surface area contributed by atoms with Crippen molar-refractivity contribution in [3.8, 4) is 0 Å². The lowest BCUT2D eigenvalue weighted by Gasteiger charge is -2.25. The lowest BCUT2D eigenvalue weighted by Crippen LogP contribution is -2.43. The summed E-state index contributed by atoms with van der Waals surface area (Å²) in [5.41, 5.74) is -0.775. The fourth-order valence-corrected chi connectivity index (χ4v) is 1.73. The first-order valence-corrected chi connectivity index (χ1v) is 6.74. The molecule has 1 amide bonds. The van der Waals surface area contributed by atoms with Crippen molar-refractivity contribution >= 4 is 18.0 Å². The number of methoxy groups -OCH3 is 1. The Labute approximate surface area is 128 Å². The van der Waals surface area contributed by atoms with Crippen LogP contribution in [0.4, 0.5) is 4.79 Å². The molecule has 1 saturated heterocycles. The Morgan fingerprint density at radius 2 is 1.95 bits per heavy atom. The summed E-state index contributed by atoms with van der Waals surface area (Å²) in [6, 6.07) is -1.07. The van der Waals surface area contributed by atoms with Crippen molar-refractivity contribution in [3.63, 3.8) is 0 Å². The highest BCUT2D eigenvalue weighted by atomic mass is 16.8. The van der Waals surface area contributed by atoms with Crippen LogP contribution in [0.25, 0.3) is 0 Å². The summed E-state index contributed by atoms with van der Waals surface area (Å²) in [4.78, 5) is 40.8. The van der Waals surface area contributed by atoms with E-state index >= 15 is 0 Å². The first-order chi connectivity index (χ1) is 10.2. The zero-order valence-corrected chi connectivity index (χ0v) is 13.2. The van der Waals surface area contributed by atoms with Gasteiger partial charge in [0, 0.05) is 6.42 Å². The second-order valence-corrected chi connectivity index (χ2v) is 5.59. The summed E-state index contributed by atoms with van der Waals surface area (Å²) in [6.45, 7) is 8.44. The molecule has 1 aliphatic rings. The second-order valence-electron chi connectivity index (χ2n) is 5.59. The van der Waals surface area contributed by atoms with Crippen LogP contribution < -0.4 is 0 Å². The van der Waals surface area contributed by atoms with Gasteiger partial charge in [0.2, 0.25) is 0 Å². The van der Waals surface area contributed by atoms with Crippen LogP contribution in [0.1, 0.15) is 27.2 Å². The summed E-state index contributed by atoms with van der Waals surface area (Å²) in [6.07, 6.45) is -0.628.